The van der Waals surface area contributed by atoms with Crippen molar-refractivity contribution < 1.29 is 19.5 Å². The van der Waals surface area contributed by atoms with Crippen molar-refractivity contribution in [2.45, 2.75) is 25.8 Å². The van der Waals surface area contributed by atoms with Crippen LogP contribution in [0.4, 0.5) is 0 Å². The van der Waals surface area contributed by atoms with Gasteiger partial charge in [-0.3, -0.25) is 19.4 Å². The Bertz CT molecular complexity index is 857. The number of hydrogen-bond acceptors (Lipinski definition) is 4. The number of carboxylic acids is 1. The van der Waals surface area contributed by atoms with Crippen LogP contribution >= 0.6 is 0 Å². The van der Waals surface area contributed by atoms with Gasteiger partial charge in [-0.1, -0.05) is 37.3 Å². The van der Waals surface area contributed by atoms with Crippen LogP contribution in [0.3, 0.4) is 0 Å². The molecule has 3 rings (SSSR count). The Labute approximate surface area is 169 Å². The summed E-state index contributed by atoms with van der Waals surface area (Å²) in [5, 5.41) is 12.2. The zero-order valence-corrected chi connectivity index (χ0v) is 16.3. The monoisotopic (exact) mass is 395 g/mol. The molecule has 0 bridgehead atoms. The van der Waals surface area contributed by atoms with E-state index in [-0.39, 0.29) is 17.7 Å². The molecule has 1 aliphatic rings. The van der Waals surface area contributed by atoms with Crippen LogP contribution in [0.2, 0.25) is 0 Å². The van der Waals surface area contributed by atoms with Gasteiger partial charge in [0.2, 0.25) is 5.91 Å². The van der Waals surface area contributed by atoms with E-state index in [0.717, 1.165) is 5.56 Å². The molecule has 1 fully saturated rings. The van der Waals surface area contributed by atoms with Crippen LogP contribution in [0.25, 0.3) is 0 Å². The van der Waals surface area contributed by atoms with E-state index >= 15 is 0 Å². The van der Waals surface area contributed by atoms with Crippen LogP contribution in [-0.4, -0.2) is 51.9 Å². The molecule has 0 aliphatic carbocycles. The van der Waals surface area contributed by atoms with Gasteiger partial charge in [0.05, 0.1) is 11.5 Å². The summed E-state index contributed by atoms with van der Waals surface area (Å²) >= 11 is 0. The molecule has 1 aliphatic heterocycles. The molecule has 1 aromatic carbocycles. The van der Waals surface area contributed by atoms with Gasteiger partial charge in [-0.05, 0) is 30.0 Å². The van der Waals surface area contributed by atoms with Crippen LogP contribution in [0.1, 0.15) is 29.3 Å². The van der Waals surface area contributed by atoms with E-state index in [4.69, 9.17) is 0 Å². The van der Waals surface area contributed by atoms with Gasteiger partial charge < -0.3 is 15.3 Å². The number of pyridine rings is 1. The summed E-state index contributed by atoms with van der Waals surface area (Å²) in [5.74, 6) is -1.97. The lowest BCUT2D eigenvalue weighted by Gasteiger charge is -2.37. The molecule has 1 saturated heterocycles. The maximum absolute atomic E-state index is 13.2. The highest BCUT2D eigenvalue weighted by atomic mass is 16.4. The number of rotatable bonds is 6. The lowest BCUT2D eigenvalue weighted by atomic mass is 9.86. The Balaban J connectivity index is 1.76. The third kappa shape index (κ3) is 5.19. The average Bonchev–Trinajstić information content (AvgIpc) is 2.73. The number of hydrogen-bond donors (Lipinski definition) is 2. The fourth-order valence-corrected chi connectivity index (χ4v) is 3.72. The molecule has 29 heavy (non-hydrogen) atoms. The summed E-state index contributed by atoms with van der Waals surface area (Å²) in [5.41, 5.74) is 1.32. The maximum atomic E-state index is 13.2. The Morgan fingerprint density at radius 1 is 1.21 bits per heavy atom. The Hall–Kier alpha value is -3.22. The van der Waals surface area contributed by atoms with E-state index in [1.54, 1.807) is 23.2 Å². The molecular formula is C22H25N3O4. The van der Waals surface area contributed by atoms with E-state index in [9.17, 15) is 19.5 Å². The van der Waals surface area contributed by atoms with Crippen molar-refractivity contribution in [3.63, 3.8) is 0 Å². The normalized spacial score (nSPS) is 20.0. The molecule has 2 N–H and O–H groups in total. The lowest BCUT2D eigenvalue weighted by Crippen LogP contribution is -2.53. The van der Waals surface area contributed by atoms with Gasteiger partial charge in [-0.25, -0.2) is 0 Å². The summed E-state index contributed by atoms with van der Waals surface area (Å²) in [6, 6.07) is 12.1. The number of carbonyl (C=O) groups excluding carboxylic acids is 2. The van der Waals surface area contributed by atoms with E-state index in [2.05, 4.69) is 10.3 Å². The summed E-state index contributed by atoms with van der Waals surface area (Å²) in [4.78, 5) is 42.9. The number of aromatic nitrogens is 1. The van der Waals surface area contributed by atoms with E-state index < -0.39 is 17.9 Å². The van der Waals surface area contributed by atoms with Crippen molar-refractivity contribution in [1.82, 2.24) is 15.2 Å². The van der Waals surface area contributed by atoms with E-state index in [1.165, 1.54) is 6.20 Å². The topological polar surface area (TPSA) is 99.6 Å². The predicted molar refractivity (Wildman–Crippen MR) is 107 cm³/mol. The number of amides is 2. The standard InChI is InChI=1S/C22H25N3O4/c1-15-14-25(11-9-18(15)22(28)29)21(27)19(12-16-6-3-2-4-7-16)24-20(26)17-8-5-10-23-13-17/h2-8,10,13,15,18-19H,9,11-12,14H2,1H3,(H,24,26)(H,28,29). The molecule has 3 unspecified atom stereocenters. The quantitative estimate of drug-likeness (QED) is 0.779. The highest BCUT2D eigenvalue weighted by Crippen LogP contribution is 2.24. The Morgan fingerprint density at radius 2 is 1.97 bits per heavy atom. The van der Waals surface area contributed by atoms with Crippen molar-refractivity contribution >= 4 is 17.8 Å². The molecule has 3 atom stereocenters. The minimum atomic E-state index is -0.824. The fourth-order valence-electron chi connectivity index (χ4n) is 3.72. The van der Waals surface area contributed by atoms with Crippen LogP contribution in [0, 0.1) is 11.8 Å². The molecule has 152 valence electrons. The van der Waals surface area contributed by atoms with Crippen molar-refractivity contribution in [2.75, 3.05) is 13.1 Å². The zero-order chi connectivity index (χ0) is 20.8. The second-order valence-electron chi connectivity index (χ2n) is 7.45. The van der Waals surface area contributed by atoms with Crippen molar-refractivity contribution in [3.8, 4) is 0 Å². The maximum Gasteiger partial charge on any atom is 0.306 e. The summed E-state index contributed by atoms with van der Waals surface area (Å²) < 4.78 is 0. The summed E-state index contributed by atoms with van der Waals surface area (Å²) in [6.45, 7) is 2.58. The number of likely N-dealkylation sites (tertiary alicyclic amines) is 1. The summed E-state index contributed by atoms with van der Waals surface area (Å²) in [6.07, 6.45) is 3.81. The summed E-state index contributed by atoms with van der Waals surface area (Å²) in [7, 11) is 0. The first kappa shape index (κ1) is 20.5. The highest BCUT2D eigenvalue weighted by Gasteiger charge is 2.35. The van der Waals surface area contributed by atoms with Crippen molar-refractivity contribution in [1.29, 1.82) is 0 Å². The molecule has 1 aromatic heterocycles. The molecule has 7 heteroatoms. The minimum Gasteiger partial charge on any atom is -0.481 e. The third-order valence-corrected chi connectivity index (χ3v) is 5.34. The smallest absolute Gasteiger partial charge is 0.306 e. The molecule has 0 saturated carbocycles. The second-order valence-corrected chi connectivity index (χ2v) is 7.45. The first-order chi connectivity index (χ1) is 14.0. The minimum absolute atomic E-state index is 0.142. The number of piperidine rings is 1. The fraction of sp³-hybridized carbons (Fsp3) is 0.364. The first-order valence-corrected chi connectivity index (χ1v) is 9.72. The molecule has 7 nitrogen and oxygen atoms in total. The molecule has 0 radical (unpaired) electrons. The number of aliphatic carboxylic acids is 1. The number of nitrogens with one attached hydrogen (secondary N) is 1. The second kappa shape index (κ2) is 9.32. The van der Waals surface area contributed by atoms with Gasteiger partial charge in [0.25, 0.3) is 5.91 Å². The first-order valence-electron chi connectivity index (χ1n) is 9.72. The van der Waals surface area contributed by atoms with E-state index in [0.29, 0.717) is 31.5 Å². The number of nitrogens with zero attached hydrogens (tertiary/aromatic N) is 2. The average molecular weight is 395 g/mol. The Kier molecular flexibility index (Phi) is 6.59. The molecule has 2 aromatic rings. The van der Waals surface area contributed by atoms with Gasteiger partial charge in [0.15, 0.2) is 0 Å². The number of benzene rings is 1. The SMILES string of the molecule is CC1CN(C(=O)C(Cc2ccccc2)NC(=O)c2cccnc2)CCC1C(=O)O. The highest BCUT2D eigenvalue weighted by molar-refractivity contribution is 5.97. The van der Waals surface area contributed by atoms with Gasteiger partial charge in [0.1, 0.15) is 6.04 Å². The van der Waals surface area contributed by atoms with Crippen LogP contribution in [0.15, 0.2) is 54.9 Å². The molecule has 2 amide bonds. The number of carbonyl (C=O) groups is 3. The molecular weight excluding hydrogens is 370 g/mol. The molecule has 0 spiro atoms. The van der Waals surface area contributed by atoms with Gasteiger partial charge >= 0.3 is 5.97 Å². The zero-order valence-electron chi connectivity index (χ0n) is 16.3. The molecule has 2 heterocycles. The van der Waals surface area contributed by atoms with Gasteiger partial charge in [0, 0.05) is 31.9 Å². The van der Waals surface area contributed by atoms with Gasteiger partial charge in [-0.2, -0.15) is 0 Å². The van der Waals surface area contributed by atoms with Crippen molar-refractivity contribution in [3.05, 3.63) is 66.0 Å². The number of carboxylic acid groups (broad SMARTS) is 1. The van der Waals surface area contributed by atoms with Crippen molar-refractivity contribution in [2.24, 2.45) is 11.8 Å². The predicted octanol–water partition coefficient (Wildman–Crippen LogP) is 1.99. The van der Waals surface area contributed by atoms with Gasteiger partial charge in [-0.15, -0.1) is 0 Å². The Morgan fingerprint density at radius 3 is 2.59 bits per heavy atom. The van der Waals surface area contributed by atoms with Crippen LogP contribution < -0.4 is 5.32 Å². The van der Waals surface area contributed by atoms with Crippen LogP contribution in [-0.2, 0) is 16.0 Å². The third-order valence-electron chi connectivity index (χ3n) is 5.34. The lowest BCUT2D eigenvalue weighted by molar-refractivity contribution is -0.148. The largest absolute Gasteiger partial charge is 0.481 e. The van der Waals surface area contributed by atoms with Crippen LogP contribution in [0.5, 0.6) is 0 Å². The van der Waals surface area contributed by atoms with E-state index in [1.807, 2.05) is 37.3 Å².